The van der Waals surface area contributed by atoms with E-state index in [0.29, 0.717) is 0 Å². The lowest BCUT2D eigenvalue weighted by molar-refractivity contribution is 0.224. The van der Waals surface area contributed by atoms with Crippen molar-refractivity contribution in [2.24, 2.45) is 0 Å². The lowest BCUT2D eigenvalue weighted by Gasteiger charge is -2.26. The van der Waals surface area contributed by atoms with Gasteiger partial charge in [-0.1, -0.05) is 41.6 Å². The highest BCUT2D eigenvalue weighted by atomic mass is 79.9. The smallest absolute Gasteiger partial charge is 0.00313 e. The molecule has 0 aromatic heterocycles. The molecule has 0 unspecified atom stereocenters. The fraction of sp³-hybridized carbons (Fsp3) is 1.00. The van der Waals surface area contributed by atoms with Crippen molar-refractivity contribution in [2.75, 3.05) is 25.0 Å². The minimum Gasteiger partial charge on any atom is -0.303 e. The van der Waals surface area contributed by atoms with E-state index in [0.717, 1.165) is 0 Å². The molecule has 0 atom stereocenters. The van der Waals surface area contributed by atoms with Gasteiger partial charge in [0.05, 0.1) is 0 Å². The number of halogens is 1. The predicted molar refractivity (Wildman–Crippen MR) is 67.2 cm³/mol. The fourth-order valence-corrected chi connectivity index (χ4v) is 2.54. The van der Waals surface area contributed by atoms with Gasteiger partial charge in [0.2, 0.25) is 0 Å². The van der Waals surface area contributed by atoms with Crippen molar-refractivity contribution >= 4 is 15.9 Å². The normalized spacial score (nSPS) is 18.6. The van der Waals surface area contributed by atoms with Gasteiger partial charge in [0.1, 0.15) is 0 Å². The van der Waals surface area contributed by atoms with Gasteiger partial charge in [-0.05, 0) is 45.3 Å². The molecule has 2 heteroatoms. The van der Waals surface area contributed by atoms with Crippen LogP contribution in [0, 0.1) is 0 Å². The molecule has 1 aliphatic heterocycles. The molecule has 0 amide bonds. The van der Waals surface area contributed by atoms with Gasteiger partial charge in [-0.15, -0.1) is 0 Å². The van der Waals surface area contributed by atoms with E-state index >= 15 is 0 Å². The summed E-state index contributed by atoms with van der Waals surface area (Å²) in [6, 6.07) is 0. The van der Waals surface area contributed by atoms with Gasteiger partial charge in [0.25, 0.3) is 0 Å². The van der Waals surface area contributed by atoms with Gasteiger partial charge in [-0.2, -0.15) is 0 Å². The zero-order valence-electron chi connectivity index (χ0n) is 9.31. The molecule has 1 saturated heterocycles. The Morgan fingerprint density at radius 2 is 1.43 bits per heavy atom. The van der Waals surface area contributed by atoms with Gasteiger partial charge in [0.15, 0.2) is 0 Å². The van der Waals surface area contributed by atoms with Crippen LogP contribution in [-0.2, 0) is 0 Å². The largest absolute Gasteiger partial charge is 0.303 e. The number of likely N-dealkylation sites (tertiary alicyclic amines) is 1. The zero-order chi connectivity index (χ0) is 10.1. The van der Waals surface area contributed by atoms with E-state index < -0.39 is 0 Å². The number of rotatable bonds is 7. The van der Waals surface area contributed by atoms with Crippen LogP contribution < -0.4 is 0 Å². The lowest BCUT2D eigenvalue weighted by Crippen LogP contribution is -2.30. The Morgan fingerprint density at radius 3 is 2.14 bits per heavy atom. The van der Waals surface area contributed by atoms with Crippen LogP contribution in [0.5, 0.6) is 0 Å². The van der Waals surface area contributed by atoms with Crippen molar-refractivity contribution in [3.63, 3.8) is 0 Å². The standard InChI is InChI=1S/C12H24BrN/c13-9-5-2-1-3-6-10-14-11-7-4-8-12-14/h1-12H2. The molecule has 0 radical (unpaired) electrons. The Balaban J connectivity index is 1.82. The Labute approximate surface area is 97.4 Å². The molecule has 0 N–H and O–H groups in total. The van der Waals surface area contributed by atoms with E-state index in [2.05, 4.69) is 20.8 Å². The Hall–Kier alpha value is 0.440. The van der Waals surface area contributed by atoms with E-state index in [9.17, 15) is 0 Å². The quantitative estimate of drug-likeness (QED) is 0.498. The van der Waals surface area contributed by atoms with Crippen LogP contribution in [0.4, 0.5) is 0 Å². The maximum absolute atomic E-state index is 3.47. The first-order valence-electron chi connectivity index (χ1n) is 6.22. The molecule has 0 saturated carbocycles. The molecule has 1 rings (SSSR count). The third-order valence-electron chi connectivity index (χ3n) is 3.06. The van der Waals surface area contributed by atoms with E-state index in [-0.39, 0.29) is 0 Å². The molecule has 84 valence electrons. The minimum absolute atomic E-state index is 1.18. The monoisotopic (exact) mass is 261 g/mol. The van der Waals surface area contributed by atoms with E-state index in [1.807, 2.05) is 0 Å². The first kappa shape index (κ1) is 12.5. The van der Waals surface area contributed by atoms with Crippen molar-refractivity contribution in [1.29, 1.82) is 0 Å². The first-order valence-corrected chi connectivity index (χ1v) is 7.34. The molecule has 1 fully saturated rings. The highest BCUT2D eigenvalue weighted by Gasteiger charge is 2.08. The van der Waals surface area contributed by atoms with Crippen molar-refractivity contribution in [3.8, 4) is 0 Å². The van der Waals surface area contributed by atoms with E-state index in [1.165, 1.54) is 76.3 Å². The van der Waals surface area contributed by atoms with Crippen molar-refractivity contribution in [2.45, 2.75) is 51.4 Å². The average Bonchev–Trinajstić information content (AvgIpc) is 2.25. The molecular formula is C12H24BrN. The predicted octanol–water partition coefficient (Wildman–Crippen LogP) is 3.82. The molecule has 1 aliphatic rings. The molecular weight excluding hydrogens is 238 g/mol. The number of unbranched alkanes of at least 4 members (excludes halogenated alkanes) is 4. The molecule has 0 aliphatic carbocycles. The summed E-state index contributed by atoms with van der Waals surface area (Å²) in [5.74, 6) is 0. The third kappa shape index (κ3) is 6.02. The molecule has 0 aromatic rings. The van der Waals surface area contributed by atoms with Gasteiger partial charge >= 0.3 is 0 Å². The van der Waals surface area contributed by atoms with Crippen LogP contribution in [0.1, 0.15) is 51.4 Å². The van der Waals surface area contributed by atoms with Crippen LogP contribution >= 0.6 is 15.9 Å². The first-order chi connectivity index (χ1) is 6.93. The second kappa shape index (κ2) is 8.72. The van der Waals surface area contributed by atoms with Crippen LogP contribution in [-0.4, -0.2) is 29.9 Å². The Kier molecular flexibility index (Phi) is 7.80. The van der Waals surface area contributed by atoms with Crippen LogP contribution in [0.2, 0.25) is 0 Å². The van der Waals surface area contributed by atoms with Crippen LogP contribution in [0.3, 0.4) is 0 Å². The number of hydrogen-bond acceptors (Lipinski definition) is 1. The van der Waals surface area contributed by atoms with Crippen LogP contribution in [0.25, 0.3) is 0 Å². The molecule has 1 nitrogen and oxygen atoms in total. The maximum atomic E-state index is 3.47. The Morgan fingerprint density at radius 1 is 0.786 bits per heavy atom. The van der Waals surface area contributed by atoms with Gasteiger partial charge in [-0.3, -0.25) is 0 Å². The van der Waals surface area contributed by atoms with E-state index in [1.54, 1.807) is 0 Å². The van der Waals surface area contributed by atoms with Crippen molar-refractivity contribution < 1.29 is 0 Å². The summed E-state index contributed by atoms with van der Waals surface area (Å²) in [6.45, 7) is 4.08. The fourth-order valence-electron chi connectivity index (χ4n) is 2.14. The van der Waals surface area contributed by atoms with Crippen molar-refractivity contribution in [3.05, 3.63) is 0 Å². The summed E-state index contributed by atoms with van der Waals surface area (Å²) >= 11 is 3.47. The van der Waals surface area contributed by atoms with Gasteiger partial charge in [-0.25, -0.2) is 0 Å². The topological polar surface area (TPSA) is 3.24 Å². The SMILES string of the molecule is BrCCCCCCCN1CCCCC1. The van der Waals surface area contributed by atoms with Crippen molar-refractivity contribution in [1.82, 2.24) is 4.90 Å². The molecule has 0 bridgehead atoms. The minimum atomic E-state index is 1.18. The average molecular weight is 262 g/mol. The molecule has 14 heavy (non-hydrogen) atoms. The second-order valence-corrected chi connectivity index (χ2v) is 5.15. The number of piperidine rings is 1. The summed E-state index contributed by atoms with van der Waals surface area (Å²) in [5, 5.41) is 1.18. The van der Waals surface area contributed by atoms with Crippen LogP contribution in [0.15, 0.2) is 0 Å². The zero-order valence-corrected chi connectivity index (χ0v) is 10.9. The highest BCUT2D eigenvalue weighted by molar-refractivity contribution is 9.09. The third-order valence-corrected chi connectivity index (χ3v) is 3.62. The summed E-state index contributed by atoms with van der Waals surface area (Å²) in [5.41, 5.74) is 0. The second-order valence-electron chi connectivity index (χ2n) is 4.36. The molecule has 0 spiro atoms. The summed E-state index contributed by atoms with van der Waals surface area (Å²) in [4.78, 5) is 2.65. The number of alkyl halides is 1. The maximum Gasteiger partial charge on any atom is 0.00313 e. The molecule has 0 aromatic carbocycles. The highest BCUT2D eigenvalue weighted by Crippen LogP contribution is 2.11. The van der Waals surface area contributed by atoms with E-state index in [4.69, 9.17) is 0 Å². The summed E-state index contributed by atoms with van der Waals surface area (Å²) in [6.07, 6.45) is 11.4. The van der Waals surface area contributed by atoms with Gasteiger partial charge in [0, 0.05) is 5.33 Å². The summed E-state index contributed by atoms with van der Waals surface area (Å²) in [7, 11) is 0. The Bertz CT molecular complexity index is 121. The number of hydrogen-bond donors (Lipinski definition) is 0. The van der Waals surface area contributed by atoms with Gasteiger partial charge < -0.3 is 4.90 Å². The molecule has 1 heterocycles. The summed E-state index contributed by atoms with van der Waals surface area (Å²) < 4.78 is 0. The number of nitrogens with zero attached hydrogens (tertiary/aromatic N) is 1. The lowest BCUT2D eigenvalue weighted by atomic mass is 10.1.